The summed E-state index contributed by atoms with van der Waals surface area (Å²) in [6, 6.07) is 5.54. The predicted molar refractivity (Wildman–Crippen MR) is 92.0 cm³/mol. The van der Waals surface area contributed by atoms with Gasteiger partial charge in [0.2, 0.25) is 5.91 Å². The smallest absolute Gasteiger partial charge is 0.353 e. The molecule has 1 fully saturated rings. The monoisotopic (exact) mass is 367 g/mol. The number of alkyl halides is 3. The molecule has 2 aliphatic rings. The van der Waals surface area contributed by atoms with Crippen molar-refractivity contribution in [2.75, 3.05) is 0 Å². The van der Waals surface area contributed by atoms with E-state index in [9.17, 15) is 22.8 Å². The van der Waals surface area contributed by atoms with Gasteiger partial charge < -0.3 is 5.32 Å². The number of halogens is 3. The Morgan fingerprint density at radius 3 is 2.38 bits per heavy atom. The molecule has 142 valence electrons. The van der Waals surface area contributed by atoms with E-state index in [1.165, 1.54) is 11.1 Å². The highest BCUT2D eigenvalue weighted by atomic mass is 19.4. The number of Topliss-reactive ketones (excluding diaryl/α,β-unsaturated/α-hetero) is 1. The van der Waals surface area contributed by atoms with Gasteiger partial charge in [0, 0.05) is 24.4 Å². The van der Waals surface area contributed by atoms with Crippen LogP contribution in [-0.2, 0) is 17.6 Å². The van der Waals surface area contributed by atoms with Crippen LogP contribution in [-0.4, -0.2) is 23.9 Å². The first-order valence-electron chi connectivity index (χ1n) is 9.34. The Labute approximate surface area is 151 Å². The summed E-state index contributed by atoms with van der Waals surface area (Å²) in [5, 5.41) is 2.78. The molecule has 0 aromatic heterocycles. The topological polar surface area (TPSA) is 46.2 Å². The number of amides is 1. The van der Waals surface area contributed by atoms with Crippen molar-refractivity contribution in [2.45, 2.75) is 70.0 Å². The third-order valence-electron chi connectivity index (χ3n) is 5.55. The van der Waals surface area contributed by atoms with Crippen molar-refractivity contribution in [2.24, 2.45) is 5.92 Å². The van der Waals surface area contributed by atoms with Crippen molar-refractivity contribution in [1.29, 1.82) is 0 Å². The molecule has 1 aromatic rings. The molecule has 6 heteroatoms. The zero-order chi connectivity index (χ0) is 18.7. The SMILES string of the molecule is O=C(CCC(=O)c1ccc2c(c1)CCC2)NC1CCC(C(F)(F)F)CC1. The quantitative estimate of drug-likeness (QED) is 0.786. The van der Waals surface area contributed by atoms with Gasteiger partial charge in [-0.25, -0.2) is 0 Å². The van der Waals surface area contributed by atoms with E-state index < -0.39 is 12.1 Å². The summed E-state index contributed by atoms with van der Waals surface area (Å²) < 4.78 is 38.0. The van der Waals surface area contributed by atoms with Crippen LogP contribution >= 0.6 is 0 Å². The van der Waals surface area contributed by atoms with Gasteiger partial charge in [-0.3, -0.25) is 9.59 Å². The van der Waals surface area contributed by atoms with E-state index in [0.29, 0.717) is 18.4 Å². The molecule has 1 aromatic carbocycles. The fraction of sp³-hybridized carbons (Fsp3) is 0.600. The van der Waals surface area contributed by atoms with Crippen LogP contribution in [0.3, 0.4) is 0 Å². The Bertz CT molecular complexity index is 676. The normalized spacial score (nSPS) is 22.7. The van der Waals surface area contributed by atoms with Crippen LogP contribution in [0, 0.1) is 5.92 Å². The van der Waals surface area contributed by atoms with Gasteiger partial charge in [-0.15, -0.1) is 0 Å². The van der Waals surface area contributed by atoms with E-state index in [1.54, 1.807) is 0 Å². The third-order valence-corrected chi connectivity index (χ3v) is 5.55. The van der Waals surface area contributed by atoms with E-state index in [4.69, 9.17) is 0 Å². The zero-order valence-corrected chi connectivity index (χ0v) is 14.7. The lowest BCUT2D eigenvalue weighted by Gasteiger charge is -2.30. The van der Waals surface area contributed by atoms with Gasteiger partial charge in [0.1, 0.15) is 0 Å². The van der Waals surface area contributed by atoms with Crippen LogP contribution in [0.25, 0.3) is 0 Å². The number of rotatable bonds is 5. The highest BCUT2D eigenvalue weighted by Gasteiger charge is 2.41. The summed E-state index contributed by atoms with van der Waals surface area (Å²) in [5.74, 6) is -1.57. The lowest BCUT2D eigenvalue weighted by molar-refractivity contribution is -0.182. The van der Waals surface area contributed by atoms with Gasteiger partial charge in [0.05, 0.1) is 5.92 Å². The van der Waals surface area contributed by atoms with E-state index in [2.05, 4.69) is 5.32 Å². The maximum absolute atomic E-state index is 12.7. The Hall–Kier alpha value is -1.85. The summed E-state index contributed by atoms with van der Waals surface area (Å²) in [4.78, 5) is 24.3. The Balaban J connectivity index is 1.42. The minimum absolute atomic E-state index is 0.0580. The van der Waals surface area contributed by atoms with Gasteiger partial charge in [-0.1, -0.05) is 12.1 Å². The fourth-order valence-electron chi connectivity index (χ4n) is 3.98. The van der Waals surface area contributed by atoms with Crippen molar-refractivity contribution < 1.29 is 22.8 Å². The summed E-state index contributed by atoms with van der Waals surface area (Å²) in [5.41, 5.74) is 3.17. The maximum atomic E-state index is 12.7. The molecule has 0 bridgehead atoms. The maximum Gasteiger partial charge on any atom is 0.391 e. The highest BCUT2D eigenvalue weighted by Crippen LogP contribution is 2.37. The average Bonchev–Trinajstić information content (AvgIpc) is 3.07. The summed E-state index contributed by atoms with van der Waals surface area (Å²) in [6.45, 7) is 0. The minimum Gasteiger partial charge on any atom is -0.353 e. The van der Waals surface area contributed by atoms with Crippen molar-refractivity contribution >= 4 is 11.7 Å². The predicted octanol–water partition coefficient (Wildman–Crippen LogP) is 4.38. The molecular weight excluding hydrogens is 343 g/mol. The second-order valence-electron chi connectivity index (χ2n) is 7.42. The van der Waals surface area contributed by atoms with E-state index >= 15 is 0 Å². The molecule has 26 heavy (non-hydrogen) atoms. The number of nitrogens with one attached hydrogen (secondary N) is 1. The lowest BCUT2D eigenvalue weighted by Crippen LogP contribution is -2.40. The Morgan fingerprint density at radius 1 is 1.00 bits per heavy atom. The van der Waals surface area contributed by atoms with E-state index in [0.717, 1.165) is 19.3 Å². The molecule has 1 N–H and O–H groups in total. The van der Waals surface area contributed by atoms with Crippen LogP contribution in [0.2, 0.25) is 0 Å². The molecule has 0 aliphatic heterocycles. The molecule has 3 rings (SSSR count). The summed E-state index contributed by atoms with van der Waals surface area (Å²) in [7, 11) is 0. The van der Waals surface area contributed by atoms with Crippen LogP contribution in [0.5, 0.6) is 0 Å². The summed E-state index contributed by atoms with van der Waals surface area (Å²) >= 11 is 0. The standard InChI is InChI=1S/C20H24F3NO2/c21-20(22,23)16-6-8-17(9-7-16)24-19(26)11-10-18(25)15-5-4-13-2-1-3-14(13)12-15/h4-5,12,16-17H,1-3,6-11H2,(H,24,26). The van der Waals surface area contributed by atoms with Gasteiger partial charge >= 0.3 is 6.18 Å². The van der Waals surface area contributed by atoms with Gasteiger partial charge in [0.25, 0.3) is 0 Å². The van der Waals surface area contributed by atoms with Crippen molar-refractivity contribution in [3.8, 4) is 0 Å². The molecule has 0 saturated heterocycles. The molecule has 0 heterocycles. The minimum atomic E-state index is -4.14. The molecule has 0 unspecified atom stereocenters. The number of benzene rings is 1. The van der Waals surface area contributed by atoms with Crippen molar-refractivity contribution in [3.05, 3.63) is 34.9 Å². The second kappa shape index (κ2) is 7.80. The number of ketones is 1. The van der Waals surface area contributed by atoms with Crippen molar-refractivity contribution in [3.63, 3.8) is 0 Å². The summed E-state index contributed by atoms with van der Waals surface area (Å²) in [6.07, 6.45) is 0.0373. The Kier molecular flexibility index (Phi) is 5.68. The first kappa shape index (κ1) is 18.9. The number of aryl methyl sites for hydroxylation is 2. The number of hydrogen-bond donors (Lipinski definition) is 1. The molecule has 3 nitrogen and oxygen atoms in total. The largest absolute Gasteiger partial charge is 0.391 e. The molecule has 1 amide bonds. The highest BCUT2D eigenvalue weighted by molar-refractivity contribution is 5.98. The first-order valence-corrected chi connectivity index (χ1v) is 9.34. The molecular formula is C20H24F3NO2. The van der Waals surface area contributed by atoms with Crippen LogP contribution in [0.4, 0.5) is 13.2 Å². The van der Waals surface area contributed by atoms with Crippen LogP contribution in [0.15, 0.2) is 18.2 Å². The lowest BCUT2D eigenvalue weighted by atomic mass is 9.85. The molecule has 0 spiro atoms. The molecule has 2 aliphatic carbocycles. The molecule has 1 saturated carbocycles. The van der Waals surface area contributed by atoms with Gasteiger partial charge in [-0.05, 0) is 62.1 Å². The van der Waals surface area contributed by atoms with Crippen molar-refractivity contribution in [1.82, 2.24) is 5.32 Å². The number of carbonyl (C=O) groups is 2. The second-order valence-corrected chi connectivity index (χ2v) is 7.42. The zero-order valence-electron chi connectivity index (χ0n) is 14.7. The van der Waals surface area contributed by atoms with Gasteiger partial charge in [-0.2, -0.15) is 13.2 Å². The number of hydrogen-bond acceptors (Lipinski definition) is 2. The fourth-order valence-corrected chi connectivity index (χ4v) is 3.98. The van der Waals surface area contributed by atoms with Crippen LogP contribution in [0.1, 0.15) is 66.4 Å². The van der Waals surface area contributed by atoms with E-state index in [1.807, 2.05) is 18.2 Å². The average molecular weight is 367 g/mol. The van der Waals surface area contributed by atoms with E-state index in [-0.39, 0.29) is 43.4 Å². The van der Waals surface area contributed by atoms with Gasteiger partial charge in [0.15, 0.2) is 5.78 Å². The molecule has 0 radical (unpaired) electrons. The Morgan fingerprint density at radius 2 is 1.69 bits per heavy atom. The molecule has 0 atom stereocenters. The number of fused-ring (bicyclic) bond motifs is 1. The number of carbonyl (C=O) groups excluding carboxylic acids is 2. The van der Waals surface area contributed by atoms with Crippen LogP contribution < -0.4 is 5.32 Å². The third kappa shape index (κ3) is 4.65. The first-order chi connectivity index (χ1) is 12.3.